The first kappa shape index (κ1) is 15.2. The van der Waals surface area contributed by atoms with E-state index in [2.05, 4.69) is 36.0 Å². The Morgan fingerprint density at radius 1 is 1.15 bits per heavy atom. The third-order valence-corrected chi connectivity index (χ3v) is 4.34. The summed E-state index contributed by atoms with van der Waals surface area (Å²) in [4.78, 5) is 14.8. The molecule has 0 saturated carbocycles. The van der Waals surface area contributed by atoms with Crippen LogP contribution in [0.25, 0.3) is 5.95 Å². The molecule has 0 unspecified atom stereocenters. The third-order valence-electron chi connectivity index (χ3n) is 3.02. The first-order chi connectivity index (χ1) is 9.47. The van der Waals surface area contributed by atoms with Crippen LogP contribution in [0, 0.1) is 13.8 Å². The van der Waals surface area contributed by atoms with Crippen LogP contribution < -0.4 is 4.90 Å². The molecule has 2 rings (SSSR count). The van der Waals surface area contributed by atoms with Gasteiger partial charge in [-0.25, -0.2) is 4.68 Å². The lowest BCUT2D eigenvalue weighted by Gasteiger charge is -2.18. The van der Waals surface area contributed by atoms with Crippen LogP contribution in [0.3, 0.4) is 0 Å². The van der Waals surface area contributed by atoms with E-state index in [-0.39, 0.29) is 5.28 Å². The van der Waals surface area contributed by atoms with Crippen molar-refractivity contribution < 1.29 is 0 Å². The van der Waals surface area contributed by atoms with Crippen LogP contribution in [0.2, 0.25) is 5.28 Å². The molecule has 108 valence electrons. The lowest BCUT2D eigenvalue weighted by atomic mass is 10.4. The van der Waals surface area contributed by atoms with E-state index in [0.29, 0.717) is 11.9 Å². The standard InChI is InChI=1S/C12H16BrClN6/c1-5-19(6-2)11-15-10(14)16-12(17-11)20-8(4)9(13)7(3)18-20/h5-6H2,1-4H3. The Morgan fingerprint density at radius 2 is 1.80 bits per heavy atom. The first-order valence-electron chi connectivity index (χ1n) is 6.36. The summed E-state index contributed by atoms with van der Waals surface area (Å²) in [5.41, 5.74) is 1.80. The number of aromatic nitrogens is 5. The Hall–Kier alpha value is -1.21. The van der Waals surface area contributed by atoms with Crippen LogP contribution in [-0.4, -0.2) is 37.8 Å². The second-order valence-electron chi connectivity index (χ2n) is 4.27. The molecule has 0 N–H and O–H groups in total. The van der Waals surface area contributed by atoms with Gasteiger partial charge in [0, 0.05) is 13.1 Å². The maximum absolute atomic E-state index is 6.02. The van der Waals surface area contributed by atoms with Gasteiger partial charge in [-0.3, -0.25) is 0 Å². The van der Waals surface area contributed by atoms with Crippen LogP contribution >= 0.6 is 27.5 Å². The molecule has 0 fully saturated rings. The molecule has 2 aromatic heterocycles. The predicted molar refractivity (Wildman–Crippen MR) is 82.7 cm³/mol. The minimum absolute atomic E-state index is 0.167. The van der Waals surface area contributed by atoms with Crippen LogP contribution in [0.15, 0.2) is 4.47 Å². The average molecular weight is 360 g/mol. The summed E-state index contributed by atoms with van der Waals surface area (Å²) in [6, 6.07) is 0. The van der Waals surface area contributed by atoms with E-state index in [9.17, 15) is 0 Å². The number of nitrogens with zero attached hydrogens (tertiary/aromatic N) is 6. The van der Waals surface area contributed by atoms with Gasteiger partial charge in [0.1, 0.15) is 0 Å². The molecule has 0 amide bonds. The fourth-order valence-corrected chi connectivity index (χ4v) is 2.29. The van der Waals surface area contributed by atoms with Gasteiger partial charge >= 0.3 is 0 Å². The molecule has 8 heteroatoms. The van der Waals surface area contributed by atoms with Gasteiger partial charge in [0.15, 0.2) is 0 Å². The van der Waals surface area contributed by atoms with E-state index in [1.807, 2.05) is 32.6 Å². The number of hydrogen-bond acceptors (Lipinski definition) is 5. The van der Waals surface area contributed by atoms with Crippen molar-refractivity contribution in [1.82, 2.24) is 24.7 Å². The number of rotatable bonds is 4. The van der Waals surface area contributed by atoms with Crippen molar-refractivity contribution in [3.63, 3.8) is 0 Å². The van der Waals surface area contributed by atoms with Crippen molar-refractivity contribution in [3.8, 4) is 5.95 Å². The zero-order chi connectivity index (χ0) is 14.9. The molecule has 0 aliphatic rings. The van der Waals surface area contributed by atoms with Crippen molar-refractivity contribution in [2.24, 2.45) is 0 Å². The third kappa shape index (κ3) is 2.78. The SMILES string of the molecule is CCN(CC)c1nc(Cl)nc(-n2nc(C)c(Br)c2C)n1. The highest BCUT2D eigenvalue weighted by atomic mass is 79.9. The van der Waals surface area contributed by atoms with Crippen molar-refractivity contribution >= 4 is 33.5 Å². The van der Waals surface area contributed by atoms with E-state index in [1.54, 1.807) is 4.68 Å². The maximum atomic E-state index is 6.02. The van der Waals surface area contributed by atoms with E-state index in [0.717, 1.165) is 29.0 Å². The van der Waals surface area contributed by atoms with Crippen LogP contribution in [0.5, 0.6) is 0 Å². The molecule has 0 bridgehead atoms. The lowest BCUT2D eigenvalue weighted by Crippen LogP contribution is -2.25. The van der Waals surface area contributed by atoms with Crippen molar-refractivity contribution in [2.45, 2.75) is 27.7 Å². The summed E-state index contributed by atoms with van der Waals surface area (Å²) in [6.45, 7) is 9.55. The normalized spacial score (nSPS) is 10.9. The van der Waals surface area contributed by atoms with E-state index in [4.69, 9.17) is 11.6 Å². The zero-order valence-corrected chi connectivity index (χ0v) is 14.2. The summed E-state index contributed by atoms with van der Waals surface area (Å²) in [5, 5.41) is 4.58. The molecular formula is C12H16BrClN6. The molecule has 2 heterocycles. The van der Waals surface area contributed by atoms with Crippen molar-refractivity contribution in [2.75, 3.05) is 18.0 Å². The fraction of sp³-hybridized carbons (Fsp3) is 0.500. The fourth-order valence-electron chi connectivity index (χ4n) is 1.89. The summed E-state index contributed by atoms with van der Waals surface area (Å²) < 4.78 is 2.61. The van der Waals surface area contributed by atoms with Crippen LogP contribution in [0.1, 0.15) is 25.2 Å². The first-order valence-corrected chi connectivity index (χ1v) is 7.53. The molecule has 0 aliphatic carbocycles. The van der Waals surface area contributed by atoms with E-state index < -0.39 is 0 Å². The molecule has 0 saturated heterocycles. The highest BCUT2D eigenvalue weighted by molar-refractivity contribution is 9.10. The largest absolute Gasteiger partial charge is 0.341 e. The summed E-state index contributed by atoms with van der Waals surface area (Å²) >= 11 is 9.51. The van der Waals surface area contributed by atoms with Gasteiger partial charge < -0.3 is 4.90 Å². The zero-order valence-electron chi connectivity index (χ0n) is 11.9. The molecule has 0 radical (unpaired) electrons. The Kier molecular flexibility index (Phi) is 4.59. The quantitative estimate of drug-likeness (QED) is 0.840. The summed E-state index contributed by atoms with van der Waals surface area (Å²) in [6.07, 6.45) is 0. The predicted octanol–water partition coefficient (Wildman–Crippen LogP) is 2.94. The minimum Gasteiger partial charge on any atom is -0.341 e. The van der Waals surface area contributed by atoms with Gasteiger partial charge in [-0.05, 0) is 55.2 Å². The number of halogens is 2. The van der Waals surface area contributed by atoms with Gasteiger partial charge in [0.25, 0.3) is 5.95 Å². The monoisotopic (exact) mass is 358 g/mol. The van der Waals surface area contributed by atoms with Crippen LogP contribution in [0.4, 0.5) is 5.95 Å². The second-order valence-corrected chi connectivity index (χ2v) is 5.40. The molecule has 0 aliphatic heterocycles. The Labute approximate surface area is 131 Å². The highest BCUT2D eigenvalue weighted by Crippen LogP contribution is 2.22. The Morgan fingerprint density at radius 3 is 2.30 bits per heavy atom. The maximum Gasteiger partial charge on any atom is 0.256 e. The van der Waals surface area contributed by atoms with Gasteiger partial charge in [0.2, 0.25) is 11.2 Å². The molecule has 0 atom stereocenters. The van der Waals surface area contributed by atoms with E-state index in [1.165, 1.54) is 0 Å². The molecule has 20 heavy (non-hydrogen) atoms. The molecular weight excluding hydrogens is 344 g/mol. The minimum atomic E-state index is 0.167. The van der Waals surface area contributed by atoms with Crippen molar-refractivity contribution in [3.05, 3.63) is 21.1 Å². The highest BCUT2D eigenvalue weighted by Gasteiger charge is 2.16. The Balaban J connectivity index is 2.54. The number of hydrogen-bond donors (Lipinski definition) is 0. The van der Waals surface area contributed by atoms with Gasteiger partial charge in [0.05, 0.1) is 15.9 Å². The van der Waals surface area contributed by atoms with Gasteiger partial charge in [-0.15, -0.1) is 0 Å². The van der Waals surface area contributed by atoms with E-state index >= 15 is 0 Å². The summed E-state index contributed by atoms with van der Waals surface area (Å²) in [7, 11) is 0. The van der Waals surface area contributed by atoms with Gasteiger partial charge in [-0.1, -0.05) is 0 Å². The second kappa shape index (κ2) is 6.05. The number of aryl methyl sites for hydroxylation is 1. The topological polar surface area (TPSA) is 59.7 Å². The van der Waals surface area contributed by atoms with Crippen molar-refractivity contribution in [1.29, 1.82) is 0 Å². The smallest absolute Gasteiger partial charge is 0.256 e. The molecule has 2 aromatic rings. The molecule has 0 aromatic carbocycles. The average Bonchev–Trinajstić information content (AvgIpc) is 2.67. The molecule has 6 nitrogen and oxygen atoms in total. The van der Waals surface area contributed by atoms with Crippen LogP contribution in [-0.2, 0) is 0 Å². The summed E-state index contributed by atoms with van der Waals surface area (Å²) in [5.74, 6) is 0.992. The number of anilines is 1. The molecule has 0 spiro atoms. The lowest BCUT2D eigenvalue weighted by molar-refractivity contribution is 0.742. The van der Waals surface area contributed by atoms with Gasteiger partial charge in [-0.2, -0.15) is 20.1 Å². The Bertz CT molecular complexity index is 623.